The summed E-state index contributed by atoms with van der Waals surface area (Å²) >= 11 is 11.6. The zero-order valence-electron chi connectivity index (χ0n) is 14.6. The summed E-state index contributed by atoms with van der Waals surface area (Å²) in [5, 5.41) is 6.63. The van der Waals surface area contributed by atoms with E-state index >= 15 is 0 Å². The van der Waals surface area contributed by atoms with Crippen molar-refractivity contribution in [1.29, 1.82) is 0 Å². The predicted molar refractivity (Wildman–Crippen MR) is 107 cm³/mol. The van der Waals surface area contributed by atoms with Crippen LogP contribution in [0.15, 0.2) is 48.5 Å². The number of anilines is 1. The molecule has 0 heterocycles. The van der Waals surface area contributed by atoms with Crippen molar-refractivity contribution in [3.63, 3.8) is 0 Å². The van der Waals surface area contributed by atoms with Gasteiger partial charge in [-0.2, -0.15) is 0 Å². The predicted octanol–water partition coefficient (Wildman–Crippen LogP) is 4.49. The first-order valence-electron chi connectivity index (χ1n) is 8.55. The van der Waals surface area contributed by atoms with E-state index in [2.05, 4.69) is 10.6 Å². The molecule has 7 heteroatoms. The van der Waals surface area contributed by atoms with Gasteiger partial charge < -0.3 is 10.6 Å². The molecule has 2 N–H and O–H groups in total. The van der Waals surface area contributed by atoms with Crippen molar-refractivity contribution >= 4 is 46.5 Å². The van der Waals surface area contributed by atoms with E-state index in [1.54, 1.807) is 48.5 Å². The Hall–Kier alpha value is -2.37. The number of halogens is 2. The molecule has 0 aliphatic carbocycles. The number of hydrogen-bond acceptors (Lipinski definition) is 3. The first-order valence-corrected chi connectivity index (χ1v) is 9.30. The molecule has 2 rings (SSSR count). The first-order chi connectivity index (χ1) is 12.9. The number of nitrogens with one attached hydrogen (secondary N) is 2. The van der Waals surface area contributed by atoms with Crippen molar-refractivity contribution in [2.45, 2.75) is 25.7 Å². The molecule has 142 valence electrons. The molecule has 0 radical (unpaired) electrons. The number of carbonyl (C=O) groups excluding carboxylic acids is 3. The van der Waals surface area contributed by atoms with E-state index in [1.807, 2.05) is 0 Å². The lowest BCUT2D eigenvalue weighted by atomic mass is 10.1. The van der Waals surface area contributed by atoms with E-state index in [9.17, 15) is 14.4 Å². The highest BCUT2D eigenvalue weighted by Gasteiger charge is 2.09. The standard InChI is InChI=1S/C20H20Cl2N2O3/c21-15-5-3-14(4-6-15)18(25)11-12-19(26)23-13-1-2-20(27)24-17-9-7-16(22)8-10-17/h3-10H,1-2,11-13H2,(H,23,26)(H,24,27). The summed E-state index contributed by atoms with van der Waals surface area (Å²) in [7, 11) is 0. The smallest absolute Gasteiger partial charge is 0.224 e. The maximum Gasteiger partial charge on any atom is 0.224 e. The third kappa shape index (κ3) is 7.81. The van der Waals surface area contributed by atoms with Crippen molar-refractivity contribution in [1.82, 2.24) is 5.32 Å². The van der Waals surface area contributed by atoms with E-state index in [0.717, 1.165) is 0 Å². The highest BCUT2D eigenvalue weighted by Crippen LogP contribution is 2.14. The number of benzene rings is 2. The minimum Gasteiger partial charge on any atom is -0.356 e. The average Bonchev–Trinajstić information content (AvgIpc) is 2.66. The summed E-state index contributed by atoms with van der Waals surface area (Å²) in [6, 6.07) is 13.4. The number of carbonyl (C=O) groups is 3. The summed E-state index contributed by atoms with van der Waals surface area (Å²) in [5.74, 6) is -0.455. The molecule has 2 aromatic rings. The molecule has 0 saturated carbocycles. The normalized spacial score (nSPS) is 10.3. The number of rotatable bonds is 9. The van der Waals surface area contributed by atoms with Crippen molar-refractivity contribution in [2.24, 2.45) is 0 Å². The van der Waals surface area contributed by atoms with Crippen molar-refractivity contribution in [2.75, 3.05) is 11.9 Å². The zero-order chi connectivity index (χ0) is 19.6. The second-order valence-corrected chi connectivity index (χ2v) is 6.81. The highest BCUT2D eigenvalue weighted by molar-refractivity contribution is 6.31. The minimum absolute atomic E-state index is 0.107. The Labute approximate surface area is 168 Å². The van der Waals surface area contributed by atoms with Gasteiger partial charge in [-0.1, -0.05) is 23.2 Å². The molecule has 0 spiro atoms. The fourth-order valence-electron chi connectivity index (χ4n) is 2.33. The van der Waals surface area contributed by atoms with Crippen LogP contribution in [-0.2, 0) is 9.59 Å². The van der Waals surface area contributed by atoms with Crippen molar-refractivity contribution < 1.29 is 14.4 Å². The Bertz CT molecular complexity index is 790. The van der Waals surface area contributed by atoms with Crippen LogP contribution in [0.1, 0.15) is 36.0 Å². The molecule has 0 aliphatic heterocycles. The van der Waals surface area contributed by atoms with Gasteiger partial charge in [-0.3, -0.25) is 14.4 Å². The lowest BCUT2D eigenvalue weighted by Gasteiger charge is -2.07. The van der Waals surface area contributed by atoms with Crippen LogP contribution >= 0.6 is 23.2 Å². The topological polar surface area (TPSA) is 75.3 Å². The maximum absolute atomic E-state index is 12.0. The molecule has 27 heavy (non-hydrogen) atoms. The molecular weight excluding hydrogens is 387 g/mol. The molecule has 0 bridgehead atoms. The summed E-state index contributed by atoms with van der Waals surface area (Å²) in [6.07, 6.45) is 1.03. The van der Waals surface area contributed by atoms with E-state index < -0.39 is 0 Å². The molecule has 5 nitrogen and oxygen atoms in total. The highest BCUT2D eigenvalue weighted by atomic mass is 35.5. The second-order valence-electron chi connectivity index (χ2n) is 5.94. The third-order valence-corrected chi connectivity index (χ3v) is 4.28. The summed E-state index contributed by atoms with van der Waals surface area (Å²) in [6.45, 7) is 0.377. The summed E-state index contributed by atoms with van der Waals surface area (Å²) in [5.41, 5.74) is 1.21. The van der Waals surface area contributed by atoms with Crippen molar-refractivity contribution in [3.05, 3.63) is 64.1 Å². The number of Topliss-reactive ketones (excluding diaryl/α,β-unsaturated/α-hetero) is 1. The van der Waals surface area contributed by atoms with Gasteiger partial charge >= 0.3 is 0 Å². The number of ketones is 1. The van der Waals surface area contributed by atoms with Gasteiger partial charge in [0, 0.05) is 47.1 Å². The molecular formula is C20H20Cl2N2O3. The van der Waals surface area contributed by atoms with Gasteiger partial charge in [-0.15, -0.1) is 0 Å². The summed E-state index contributed by atoms with van der Waals surface area (Å²) < 4.78 is 0. The largest absolute Gasteiger partial charge is 0.356 e. The Morgan fingerprint density at radius 1 is 0.741 bits per heavy atom. The van der Waals surface area contributed by atoms with Gasteiger partial charge in [0.15, 0.2) is 5.78 Å². The lowest BCUT2D eigenvalue weighted by Crippen LogP contribution is -2.25. The van der Waals surface area contributed by atoms with Crippen LogP contribution in [0.3, 0.4) is 0 Å². The average molecular weight is 407 g/mol. The van der Waals surface area contributed by atoms with Crippen molar-refractivity contribution in [3.8, 4) is 0 Å². The van der Waals surface area contributed by atoms with Crippen LogP contribution in [0.4, 0.5) is 5.69 Å². The van der Waals surface area contributed by atoms with Crippen LogP contribution in [0.2, 0.25) is 10.0 Å². The Morgan fingerprint density at radius 3 is 1.96 bits per heavy atom. The van der Waals surface area contributed by atoms with E-state index in [0.29, 0.717) is 34.3 Å². The van der Waals surface area contributed by atoms with Crippen LogP contribution in [0.25, 0.3) is 0 Å². The molecule has 0 aliphatic rings. The van der Waals surface area contributed by atoms with Crippen LogP contribution < -0.4 is 10.6 Å². The van der Waals surface area contributed by atoms with Crippen LogP contribution in [0.5, 0.6) is 0 Å². The molecule has 0 fully saturated rings. The van der Waals surface area contributed by atoms with Gasteiger partial charge in [0.1, 0.15) is 0 Å². The van der Waals surface area contributed by atoms with Gasteiger partial charge in [0.05, 0.1) is 0 Å². The Morgan fingerprint density at radius 2 is 1.33 bits per heavy atom. The SMILES string of the molecule is O=C(CCC(=O)c1ccc(Cl)cc1)NCCCC(=O)Nc1ccc(Cl)cc1. The third-order valence-electron chi connectivity index (χ3n) is 3.78. The van der Waals surface area contributed by atoms with Crippen LogP contribution in [-0.4, -0.2) is 24.1 Å². The van der Waals surface area contributed by atoms with Gasteiger partial charge in [0.25, 0.3) is 0 Å². The maximum atomic E-state index is 12.0. The summed E-state index contributed by atoms with van der Waals surface area (Å²) in [4.78, 5) is 35.6. The minimum atomic E-state index is -0.213. The van der Waals surface area contributed by atoms with Gasteiger partial charge in [0.2, 0.25) is 11.8 Å². The zero-order valence-corrected chi connectivity index (χ0v) is 16.1. The van der Waals surface area contributed by atoms with Gasteiger partial charge in [-0.05, 0) is 55.0 Å². The Balaban J connectivity index is 1.60. The van der Waals surface area contributed by atoms with E-state index in [1.165, 1.54) is 0 Å². The number of amides is 2. The molecule has 0 aromatic heterocycles. The fraction of sp³-hybridized carbons (Fsp3) is 0.250. The lowest BCUT2D eigenvalue weighted by molar-refractivity contribution is -0.121. The molecule has 2 amide bonds. The monoisotopic (exact) mass is 406 g/mol. The molecule has 0 saturated heterocycles. The van der Waals surface area contributed by atoms with Gasteiger partial charge in [-0.25, -0.2) is 0 Å². The first kappa shape index (κ1) is 20.9. The number of hydrogen-bond donors (Lipinski definition) is 2. The fourth-order valence-corrected chi connectivity index (χ4v) is 2.58. The van der Waals surface area contributed by atoms with E-state index in [4.69, 9.17) is 23.2 Å². The Kier molecular flexibility index (Phi) is 8.30. The van der Waals surface area contributed by atoms with Crippen LogP contribution in [0, 0.1) is 0 Å². The second kappa shape index (κ2) is 10.7. The molecule has 0 atom stereocenters. The quantitative estimate of drug-likeness (QED) is 0.475. The molecule has 0 unspecified atom stereocenters. The van der Waals surface area contributed by atoms with E-state index in [-0.39, 0.29) is 36.9 Å². The molecule has 2 aromatic carbocycles.